The predicted molar refractivity (Wildman–Crippen MR) is 103 cm³/mol. The Morgan fingerprint density at radius 2 is 1.96 bits per heavy atom. The lowest BCUT2D eigenvalue weighted by Gasteiger charge is -2.03. The summed E-state index contributed by atoms with van der Waals surface area (Å²) in [6.07, 6.45) is 8.24. The van der Waals surface area contributed by atoms with Crippen molar-refractivity contribution in [3.05, 3.63) is 64.6 Å². The minimum Gasteiger partial charge on any atom is -0.466 e. The molecule has 132 valence electrons. The zero-order valence-electron chi connectivity index (χ0n) is 15.2. The molecule has 2 aromatic rings. The molecule has 0 aliphatic rings. The van der Waals surface area contributed by atoms with Crippen molar-refractivity contribution in [2.75, 3.05) is 0 Å². The SMILES string of the molecule is CCCCCC(/C=N\NC(=O)c1cc(C)oc1C)=C\c1ccccc1. The molecule has 0 bridgehead atoms. The van der Waals surface area contributed by atoms with Crippen molar-refractivity contribution in [1.82, 2.24) is 5.43 Å². The van der Waals surface area contributed by atoms with Crippen LogP contribution in [0.3, 0.4) is 0 Å². The van der Waals surface area contributed by atoms with Crippen molar-refractivity contribution in [2.45, 2.75) is 46.5 Å². The Balaban J connectivity index is 2.04. The lowest BCUT2D eigenvalue weighted by atomic mass is 10.1. The van der Waals surface area contributed by atoms with Gasteiger partial charge in [-0.3, -0.25) is 4.79 Å². The minimum absolute atomic E-state index is 0.252. The van der Waals surface area contributed by atoms with Crippen molar-refractivity contribution >= 4 is 18.2 Å². The van der Waals surface area contributed by atoms with Crippen LogP contribution in [-0.4, -0.2) is 12.1 Å². The number of nitrogens with zero attached hydrogens (tertiary/aromatic N) is 1. The first-order chi connectivity index (χ1) is 12.1. The fourth-order valence-corrected chi connectivity index (χ4v) is 2.61. The Kier molecular flexibility index (Phi) is 7.20. The Labute approximate surface area is 149 Å². The summed E-state index contributed by atoms with van der Waals surface area (Å²) in [5, 5.41) is 4.14. The number of hydrazone groups is 1. The molecule has 0 atom stereocenters. The molecule has 0 fully saturated rings. The van der Waals surface area contributed by atoms with Crippen molar-refractivity contribution in [1.29, 1.82) is 0 Å². The first kappa shape index (κ1) is 18.7. The van der Waals surface area contributed by atoms with Gasteiger partial charge in [0.15, 0.2) is 0 Å². The summed E-state index contributed by atoms with van der Waals surface area (Å²) in [5.41, 5.74) is 5.34. The molecule has 0 radical (unpaired) electrons. The number of aryl methyl sites for hydroxylation is 2. The van der Waals surface area contributed by atoms with Crippen LogP contribution in [0.25, 0.3) is 6.08 Å². The van der Waals surface area contributed by atoms with Gasteiger partial charge in [-0.15, -0.1) is 0 Å². The number of furan rings is 1. The summed E-state index contributed by atoms with van der Waals surface area (Å²) in [7, 11) is 0. The Bertz CT molecular complexity index is 743. The van der Waals surface area contributed by atoms with E-state index in [1.165, 1.54) is 12.8 Å². The summed E-state index contributed by atoms with van der Waals surface area (Å²) in [6.45, 7) is 5.78. The van der Waals surface area contributed by atoms with Gasteiger partial charge >= 0.3 is 0 Å². The first-order valence-corrected chi connectivity index (χ1v) is 8.76. The largest absolute Gasteiger partial charge is 0.466 e. The maximum absolute atomic E-state index is 12.2. The number of amides is 1. The van der Waals surface area contributed by atoms with Gasteiger partial charge in [0.25, 0.3) is 5.91 Å². The number of allylic oxidation sites excluding steroid dienone is 1. The van der Waals surface area contributed by atoms with Gasteiger partial charge in [0, 0.05) is 0 Å². The lowest BCUT2D eigenvalue weighted by Crippen LogP contribution is -2.17. The molecule has 1 aromatic carbocycles. The highest BCUT2D eigenvalue weighted by Crippen LogP contribution is 2.14. The van der Waals surface area contributed by atoms with E-state index in [0.717, 1.165) is 29.7 Å². The minimum atomic E-state index is -0.252. The number of rotatable bonds is 8. The number of carbonyl (C=O) groups excluding carboxylic acids is 1. The van der Waals surface area contributed by atoms with Crippen LogP contribution in [0.4, 0.5) is 0 Å². The Morgan fingerprint density at radius 1 is 1.20 bits per heavy atom. The zero-order chi connectivity index (χ0) is 18.1. The monoisotopic (exact) mass is 338 g/mol. The second-order valence-corrected chi connectivity index (χ2v) is 6.11. The molecule has 0 aliphatic carbocycles. The van der Waals surface area contributed by atoms with Gasteiger partial charge in [-0.05, 0) is 43.9 Å². The third kappa shape index (κ3) is 6.07. The van der Waals surface area contributed by atoms with Crippen LogP contribution >= 0.6 is 0 Å². The Morgan fingerprint density at radius 3 is 2.60 bits per heavy atom. The van der Waals surface area contributed by atoms with Gasteiger partial charge in [-0.2, -0.15) is 5.10 Å². The molecule has 0 aliphatic heterocycles. The standard InChI is InChI=1S/C21H26N2O2/c1-4-5-7-12-19(14-18-10-8-6-9-11-18)15-22-23-21(24)20-13-16(2)25-17(20)3/h6,8-11,13-15H,4-5,7,12H2,1-3H3,(H,23,24)/b19-14+,22-15-. The maximum atomic E-state index is 12.2. The third-order valence-corrected chi connectivity index (χ3v) is 3.90. The van der Waals surface area contributed by atoms with Crippen LogP contribution in [0, 0.1) is 13.8 Å². The molecule has 25 heavy (non-hydrogen) atoms. The van der Waals surface area contributed by atoms with Crippen molar-refractivity contribution < 1.29 is 9.21 Å². The predicted octanol–water partition coefficient (Wildman–Crippen LogP) is 5.28. The van der Waals surface area contributed by atoms with E-state index in [9.17, 15) is 4.79 Å². The number of benzene rings is 1. The van der Waals surface area contributed by atoms with Crippen molar-refractivity contribution in [2.24, 2.45) is 5.10 Å². The number of carbonyl (C=O) groups is 1. The van der Waals surface area contributed by atoms with Crippen LogP contribution in [0.5, 0.6) is 0 Å². The molecule has 0 unspecified atom stereocenters. The van der Waals surface area contributed by atoms with E-state index in [0.29, 0.717) is 11.3 Å². The third-order valence-electron chi connectivity index (χ3n) is 3.90. The van der Waals surface area contributed by atoms with E-state index in [4.69, 9.17) is 4.42 Å². The van der Waals surface area contributed by atoms with Gasteiger partial charge < -0.3 is 4.42 Å². The summed E-state index contributed by atoms with van der Waals surface area (Å²) in [4.78, 5) is 12.2. The van der Waals surface area contributed by atoms with Gasteiger partial charge in [-0.25, -0.2) is 5.43 Å². The van der Waals surface area contributed by atoms with Gasteiger partial charge in [0.1, 0.15) is 11.5 Å². The van der Waals surface area contributed by atoms with E-state index < -0.39 is 0 Å². The molecular weight excluding hydrogens is 312 g/mol. The number of hydrogen-bond donors (Lipinski definition) is 1. The van der Waals surface area contributed by atoms with Crippen LogP contribution in [0.1, 0.15) is 60.0 Å². The second kappa shape index (κ2) is 9.62. The number of unbranched alkanes of at least 4 members (excludes halogenated alkanes) is 2. The lowest BCUT2D eigenvalue weighted by molar-refractivity contribution is 0.0953. The van der Waals surface area contributed by atoms with E-state index in [2.05, 4.69) is 35.7 Å². The van der Waals surface area contributed by atoms with Gasteiger partial charge in [-0.1, -0.05) is 56.2 Å². The fraction of sp³-hybridized carbons (Fsp3) is 0.333. The molecule has 0 saturated carbocycles. The van der Waals surface area contributed by atoms with Crippen LogP contribution in [0.2, 0.25) is 0 Å². The smallest absolute Gasteiger partial charge is 0.274 e. The molecule has 4 heteroatoms. The van der Waals surface area contributed by atoms with E-state index in [1.54, 1.807) is 19.2 Å². The molecule has 0 saturated heterocycles. The highest BCUT2D eigenvalue weighted by atomic mass is 16.3. The highest BCUT2D eigenvalue weighted by Gasteiger charge is 2.12. The van der Waals surface area contributed by atoms with Crippen LogP contribution in [-0.2, 0) is 0 Å². The molecule has 1 amide bonds. The van der Waals surface area contributed by atoms with Crippen LogP contribution < -0.4 is 5.43 Å². The van der Waals surface area contributed by atoms with Crippen LogP contribution in [0.15, 0.2) is 51.5 Å². The van der Waals surface area contributed by atoms with E-state index >= 15 is 0 Å². The van der Waals surface area contributed by atoms with Crippen molar-refractivity contribution in [3.63, 3.8) is 0 Å². The van der Waals surface area contributed by atoms with E-state index in [-0.39, 0.29) is 5.91 Å². The van der Waals surface area contributed by atoms with E-state index in [1.807, 2.05) is 25.1 Å². The average molecular weight is 338 g/mol. The topological polar surface area (TPSA) is 54.6 Å². The summed E-state index contributed by atoms with van der Waals surface area (Å²) < 4.78 is 5.38. The first-order valence-electron chi connectivity index (χ1n) is 8.76. The number of nitrogens with one attached hydrogen (secondary N) is 1. The number of hydrogen-bond acceptors (Lipinski definition) is 3. The average Bonchev–Trinajstić information content (AvgIpc) is 2.94. The summed E-state index contributed by atoms with van der Waals surface area (Å²) >= 11 is 0. The molecule has 4 nitrogen and oxygen atoms in total. The Hall–Kier alpha value is -2.62. The maximum Gasteiger partial charge on any atom is 0.274 e. The molecule has 1 heterocycles. The second-order valence-electron chi connectivity index (χ2n) is 6.11. The molecule has 2 rings (SSSR count). The molecule has 1 N–H and O–H groups in total. The van der Waals surface area contributed by atoms with Gasteiger partial charge in [0.2, 0.25) is 0 Å². The molecule has 0 spiro atoms. The zero-order valence-corrected chi connectivity index (χ0v) is 15.2. The fourth-order valence-electron chi connectivity index (χ4n) is 2.61. The normalized spacial score (nSPS) is 11.9. The quantitative estimate of drug-likeness (QED) is 0.405. The molecule has 1 aromatic heterocycles. The summed E-state index contributed by atoms with van der Waals surface area (Å²) in [5.74, 6) is 1.07. The van der Waals surface area contributed by atoms with Crippen molar-refractivity contribution in [3.8, 4) is 0 Å². The summed E-state index contributed by atoms with van der Waals surface area (Å²) in [6, 6.07) is 11.9. The molecular formula is C21H26N2O2. The van der Waals surface area contributed by atoms with Gasteiger partial charge in [0.05, 0.1) is 11.8 Å². The highest BCUT2D eigenvalue weighted by molar-refractivity contribution is 5.96.